The molecule has 96 valence electrons. The highest BCUT2D eigenvalue weighted by Gasteiger charge is 2.14. The average molecular weight is 327 g/mol. The number of hydrogen-bond acceptors (Lipinski definition) is 4. The lowest BCUT2D eigenvalue weighted by molar-refractivity contribution is 0.515. The van der Waals surface area contributed by atoms with Crippen LogP contribution in [0.4, 0.5) is 5.95 Å². The number of nitrogens with zero attached hydrogens (tertiary/aromatic N) is 3. The molecular formula is C12H15BrN4S. The number of hydrogen-bond donors (Lipinski definition) is 1. The van der Waals surface area contributed by atoms with Crippen molar-refractivity contribution in [1.29, 1.82) is 0 Å². The van der Waals surface area contributed by atoms with Crippen LogP contribution < -0.4 is 5.32 Å². The third kappa shape index (κ3) is 2.64. The van der Waals surface area contributed by atoms with Gasteiger partial charge >= 0.3 is 0 Å². The van der Waals surface area contributed by atoms with Gasteiger partial charge in [0.15, 0.2) is 5.65 Å². The Morgan fingerprint density at radius 1 is 1.44 bits per heavy atom. The molecule has 0 atom stereocenters. The Kier molecular flexibility index (Phi) is 3.75. The number of fused-ring (bicyclic) bond motifs is 1. The minimum absolute atomic E-state index is 0.722. The number of thioether (sulfide) groups is 1. The highest BCUT2D eigenvalue weighted by molar-refractivity contribution is 9.10. The van der Waals surface area contributed by atoms with Crippen molar-refractivity contribution in [3.8, 4) is 0 Å². The van der Waals surface area contributed by atoms with Crippen molar-refractivity contribution in [2.75, 3.05) is 23.4 Å². The molecule has 0 spiro atoms. The van der Waals surface area contributed by atoms with E-state index in [-0.39, 0.29) is 0 Å². The van der Waals surface area contributed by atoms with Crippen LogP contribution in [0.1, 0.15) is 12.8 Å². The van der Waals surface area contributed by atoms with Crippen molar-refractivity contribution in [1.82, 2.24) is 14.6 Å². The number of anilines is 1. The number of rotatable bonds is 3. The zero-order valence-electron chi connectivity index (χ0n) is 9.97. The van der Waals surface area contributed by atoms with E-state index in [1.807, 2.05) is 18.3 Å². The lowest BCUT2D eigenvalue weighted by atomic mass is 10.0. The second kappa shape index (κ2) is 5.48. The van der Waals surface area contributed by atoms with E-state index in [4.69, 9.17) is 0 Å². The lowest BCUT2D eigenvalue weighted by Gasteiger charge is -2.20. The summed E-state index contributed by atoms with van der Waals surface area (Å²) in [5.74, 6) is 4.06. The number of aromatic nitrogens is 3. The maximum Gasteiger partial charge on any atom is 0.243 e. The summed E-state index contributed by atoms with van der Waals surface area (Å²) < 4.78 is 2.77. The molecule has 4 nitrogen and oxygen atoms in total. The fraction of sp³-hybridized carbons (Fsp3) is 0.500. The predicted molar refractivity (Wildman–Crippen MR) is 79.2 cm³/mol. The van der Waals surface area contributed by atoms with Crippen LogP contribution in [0.15, 0.2) is 22.8 Å². The summed E-state index contributed by atoms with van der Waals surface area (Å²) in [7, 11) is 0. The van der Waals surface area contributed by atoms with Gasteiger partial charge in [-0.3, -0.25) is 0 Å². The Morgan fingerprint density at radius 3 is 3.06 bits per heavy atom. The Labute approximate surface area is 119 Å². The summed E-state index contributed by atoms with van der Waals surface area (Å²) in [5, 5.41) is 7.78. The third-order valence-electron chi connectivity index (χ3n) is 3.20. The summed E-state index contributed by atoms with van der Waals surface area (Å²) >= 11 is 5.54. The summed E-state index contributed by atoms with van der Waals surface area (Å²) in [4.78, 5) is 4.49. The molecule has 1 aliphatic rings. The molecule has 2 aromatic heterocycles. The van der Waals surface area contributed by atoms with Crippen molar-refractivity contribution in [3.63, 3.8) is 0 Å². The molecule has 2 aromatic rings. The van der Waals surface area contributed by atoms with E-state index in [9.17, 15) is 0 Å². The van der Waals surface area contributed by atoms with Crippen LogP contribution in [0.2, 0.25) is 0 Å². The van der Waals surface area contributed by atoms with Crippen LogP contribution in [-0.4, -0.2) is 32.6 Å². The van der Waals surface area contributed by atoms with E-state index in [1.165, 1.54) is 24.3 Å². The van der Waals surface area contributed by atoms with Gasteiger partial charge in [0.25, 0.3) is 0 Å². The van der Waals surface area contributed by atoms with Crippen molar-refractivity contribution in [2.45, 2.75) is 12.8 Å². The molecule has 1 fully saturated rings. The molecule has 0 aliphatic carbocycles. The first kappa shape index (κ1) is 12.3. The number of nitrogens with one attached hydrogen (secondary N) is 1. The SMILES string of the molecule is Brc1cccn2nc(NCC3CCSCC3)nc12. The maximum absolute atomic E-state index is 4.49. The molecule has 0 amide bonds. The Balaban J connectivity index is 1.69. The van der Waals surface area contributed by atoms with Gasteiger partial charge in [-0.1, -0.05) is 0 Å². The molecule has 0 radical (unpaired) electrons. The molecule has 1 aliphatic heterocycles. The highest BCUT2D eigenvalue weighted by Crippen LogP contribution is 2.23. The standard InChI is InChI=1S/C12H15BrN4S/c13-10-2-1-5-17-11(10)15-12(16-17)14-8-9-3-6-18-7-4-9/h1-2,5,9H,3-4,6-8H2,(H,14,16). The van der Waals surface area contributed by atoms with E-state index in [1.54, 1.807) is 4.52 Å². The Morgan fingerprint density at radius 2 is 2.28 bits per heavy atom. The third-order valence-corrected chi connectivity index (χ3v) is 4.87. The highest BCUT2D eigenvalue weighted by atomic mass is 79.9. The largest absolute Gasteiger partial charge is 0.353 e. The van der Waals surface area contributed by atoms with Crippen LogP contribution in [0, 0.1) is 5.92 Å². The van der Waals surface area contributed by atoms with Gasteiger partial charge in [0.05, 0.1) is 4.47 Å². The maximum atomic E-state index is 4.49. The van der Waals surface area contributed by atoms with Gasteiger partial charge in [-0.25, -0.2) is 4.52 Å². The van der Waals surface area contributed by atoms with Gasteiger partial charge in [-0.2, -0.15) is 16.7 Å². The summed E-state index contributed by atoms with van der Waals surface area (Å²) in [6.07, 6.45) is 4.51. The molecule has 3 rings (SSSR count). The molecule has 0 unspecified atom stereocenters. The first-order valence-corrected chi connectivity index (χ1v) is 8.10. The van der Waals surface area contributed by atoms with Crippen LogP contribution in [0.3, 0.4) is 0 Å². The molecule has 0 aromatic carbocycles. The summed E-state index contributed by atoms with van der Waals surface area (Å²) in [6, 6.07) is 3.93. The smallest absolute Gasteiger partial charge is 0.243 e. The van der Waals surface area contributed by atoms with Gasteiger partial charge in [-0.05, 0) is 58.3 Å². The minimum atomic E-state index is 0.722. The first-order valence-electron chi connectivity index (χ1n) is 6.15. The quantitative estimate of drug-likeness (QED) is 0.941. The van der Waals surface area contributed by atoms with E-state index < -0.39 is 0 Å². The molecular weight excluding hydrogens is 312 g/mol. The van der Waals surface area contributed by atoms with Crippen molar-refractivity contribution >= 4 is 39.3 Å². The fourth-order valence-corrected chi connectivity index (χ4v) is 3.76. The van der Waals surface area contributed by atoms with Crippen molar-refractivity contribution in [2.24, 2.45) is 5.92 Å². The van der Waals surface area contributed by atoms with Crippen molar-refractivity contribution < 1.29 is 0 Å². The van der Waals surface area contributed by atoms with E-state index in [2.05, 4.69) is 43.1 Å². The topological polar surface area (TPSA) is 42.2 Å². The normalized spacial score (nSPS) is 17.2. The summed E-state index contributed by atoms with van der Waals surface area (Å²) in [5.41, 5.74) is 0.860. The molecule has 6 heteroatoms. The van der Waals surface area contributed by atoms with Gasteiger partial charge < -0.3 is 5.32 Å². The van der Waals surface area contributed by atoms with Crippen LogP contribution in [0.5, 0.6) is 0 Å². The summed E-state index contributed by atoms with van der Waals surface area (Å²) in [6.45, 7) is 0.981. The zero-order chi connectivity index (χ0) is 12.4. The predicted octanol–water partition coefficient (Wildman–Crippen LogP) is 3.05. The van der Waals surface area contributed by atoms with E-state index in [0.717, 1.165) is 28.5 Å². The monoisotopic (exact) mass is 326 g/mol. The Bertz CT molecular complexity index is 536. The van der Waals surface area contributed by atoms with Crippen molar-refractivity contribution in [3.05, 3.63) is 22.8 Å². The van der Waals surface area contributed by atoms with Gasteiger partial charge in [0, 0.05) is 12.7 Å². The number of halogens is 1. The van der Waals surface area contributed by atoms with Crippen LogP contribution in [0.25, 0.3) is 5.65 Å². The van der Waals surface area contributed by atoms with Crippen LogP contribution >= 0.6 is 27.7 Å². The molecule has 0 bridgehead atoms. The second-order valence-electron chi connectivity index (χ2n) is 4.50. The number of pyridine rings is 1. The molecule has 1 saturated heterocycles. The van der Waals surface area contributed by atoms with Gasteiger partial charge in [0.2, 0.25) is 5.95 Å². The fourth-order valence-electron chi connectivity index (χ4n) is 2.13. The average Bonchev–Trinajstić information content (AvgIpc) is 2.82. The molecule has 1 N–H and O–H groups in total. The Hall–Kier alpha value is -0.750. The lowest BCUT2D eigenvalue weighted by Crippen LogP contribution is -2.19. The molecule has 3 heterocycles. The minimum Gasteiger partial charge on any atom is -0.353 e. The molecule has 18 heavy (non-hydrogen) atoms. The first-order chi connectivity index (χ1) is 8.83. The van der Waals surface area contributed by atoms with Gasteiger partial charge in [-0.15, -0.1) is 5.10 Å². The zero-order valence-corrected chi connectivity index (χ0v) is 12.4. The van der Waals surface area contributed by atoms with E-state index >= 15 is 0 Å². The van der Waals surface area contributed by atoms with Gasteiger partial charge in [0.1, 0.15) is 0 Å². The van der Waals surface area contributed by atoms with E-state index in [0.29, 0.717) is 0 Å². The second-order valence-corrected chi connectivity index (χ2v) is 6.58. The van der Waals surface area contributed by atoms with Crippen LogP contribution in [-0.2, 0) is 0 Å². The molecule has 0 saturated carbocycles.